The van der Waals surface area contributed by atoms with Crippen molar-refractivity contribution in [1.29, 1.82) is 0 Å². The number of aromatic nitrogens is 1. The zero-order valence-electron chi connectivity index (χ0n) is 7.90. The molecule has 0 unspecified atom stereocenters. The van der Waals surface area contributed by atoms with Crippen molar-refractivity contribution >= 4 is 0 Å². The van der Waals surface area contributed by atoms with Crippen LogP contribution in [0.1, 0.15) is 0 Å². The van der Waals surface area contributed by atoms with E-state index in [1.54, 1.807) is 13.3 Å². The van der Waals surface area contributed by atoms with Gasteiger partial charge in [0.05, 0.1) is 13.3 Å². The quantitative estimate of drug-likeness (QED) is 0.715. The van der Waals surface area contributed by atoms with Crippen molar-refractivity contribution in [2.75, 3.05) is 7.11 Å². The summed E-state index contributed by atoms with van der Waals surface area (Å²) in [6, 6.07) is 11.7. The van der Waals surface area contributed by atoms with Crippen LogP contribution < -0.4 is 4.74 Å². The van der Waals surface area contributed by atoms with E-state index in [9.17, 15) is 0 Å². The molecule has 1 radical (unpaired) electrons. The van der Waals surface area contributed by atoms with Gasteiger partial charge in [-0.2, -0.15) is 0 Å². The number of hydrogen-bond acceptors (Lipinski definition) is 2. The van der Waals surface area contributed by atoms with Crippen molar-refractivity contribution in [3.05, 3.63) is 48.8 Å². The summed E-state index contributed by atoms with van der Waals surface area (Å²) in [5, 5.41) is 0. The van der Waals surface area contributed by atoms with E-state index in [-0.39, 0.29) is 0 Å². The lowest BCUT2D eigenvalue weighted by Crippen LogP contribution is -1.87. The fourth-order valence-electron chi connectivity index (χ4n) is 1.34. The largest absolute Gasteiger partial charge is 0.496 e. The van der Waals surface area contributed by atoms with E-state index in [0.29, 0.717) is 0 Å². The van der Waals surface area contributed by atoms with Gasteiger partial charge in [-0.25, -0.2) is 0 Å². The fourth-order valence-corrected chi connectivity index (χ4v) is 1.34. The van der Waals surface area contributed by atoms with Crippen molar-refractivity contribution in [3.8, 4) is 16.9 Å². The van der Waals surface area contributed by atoms with E-state index in [1.807, 2.05) is 36.4 Å². The summed E-state index contributed by atoms with van der Waals surface area (Å²) >= 11 is 0. The SMILES string of the molecule is COc1ccccc1-c1[c]nccc1. The van der Waals surface area contributed by atoms with E-state index >= 15 is 0 Å². The van der Waals surface area contributed by atoms with Gasteiger partial charge in [-0.15, -0.1) is 0 Å². The molecule has 1 aromatic heterocycles. The monoisotopic (exact) mass is 184 g/mol. The third kappa shape index (κ3) is 1.59. The van der Waals surface area contributed by atoms with Crippen molar-refractivity contribution in [2.45, 2.75) is 0 Å². The molecule has 0 amide bonds. The van der Waals surface area contributed by atoms with Gasteiger partial charge < -0.3 is 4.74 Å². The van der Waals surface area contributed by atoms with Crippen LogP contribution in [0.2, 0.25) is 0 Å². The van der Waals surface area contributed by atoms with Crippen molar-refractivity contribution in [3.63, 3.8) is 0 Å². The lowest BCUT2D eigenvalue weighted by Gasteiger charge is -2.06. The lowest BCUT2D eigenvalue weighted by molar-refractivity contribution is 0.416. The van der Waals surface area contributed by atoms with Crippen LogP contribution in [0.5, 0.6) is 5.75 Å². The Morgan fingerprint density at radius 2 is 2.00 bits per heavy atom. The molecule has 0 saturated carbocycles. The minimum atomic E-state index is 0.844. The highest BCUT2D eigenvalue weighted by molar-refractivity contribution is 5.68. The van der Waals surface area contributed by atoms with Crippen molar-refractivity contribution in [1.82, 2.24) is 4.98 Å². The molecule has 69 valence electrons. The maximum absolute atomic E-state index is 5.25. The highest BCUT2D eigenvalue weighted by Crippen LogP contribution is 2.27. The molecule has 1 heterocycles. The van der Waals surface area contributed by atoms with Crippen LogP contribution in [-0.4, -0.2) is 12.1 Å². The zero-order valence-corrected chi connectivity index (χ0v) is 7.90. The second-order valence-electron chi connectivity index (χ2n) is 2.86. The Labute approximate surface area is 83.2 Å². The van der Waals surface area contributed by atoms with Gasteiger partial charge in [-0.3, -0.25) is 4.98 Å². The topological polar surface area (TPSA) is 22.1 Å². The minimum absolute atomic E-state index is 0.844. The number of benzene rings is 1. The summed E-state index contributed by atoms with van der Waals surface area (Å²) in [7, 11) is 1.66. The van der Waals surface area contributed by atoms with Gasteiger partial charge in [0.2, 0.25) is 0 Å². The molecule has 0 aliphatic rings. The van der Waals surface area contributed by atoms with E-state index < -0.39 is 0 Å². The maximum Gasteiger partial charge on any atom is 0.126 e. The van der Waals surface area contributed by atoms with Crippen LogP contribution in [0.3, 0.4) is 0 Å². The zero-order chi connectivity index (χ0) is 9.80. The second-order valence-corrected chi connectivity index (χ2v) is 2.86. The van der Waals surface area contributed by atoms with Crippen LogP contribution in [0.25, 0.3) is 11.1 Å². The van der Waals surface area contributed by atoms with Crippen LogP contribution in [0.15, 0.2) is 42.6 Å². The fraction of sp³-hybridized carbons (Fsp3) is 0.0833. The summed E-state index contributed by atoms with van der Waals surface area (Å²) in [6.45, 7) is 0. The third-order valence-corrected chi connectivity index (χ3v) is 2.01. The Kier molecular flexibility index (Phi) is 2.45. The van der Waals surface area contributed by atoms with E-state index in [2.05, 4.69) is 11.2 Å². The molecule has 0 spiro atoms. The summed E-state index contributed by atoms with van der Waals surface area (Å²) in [5.41, 5.74) is 1.97. The molecule has 2 nitrogen and oxygen atoms in total. The highest BCUT2D eigenvalue weighted by Gasteiger charge is 2.03. The maximum atomic E-state index is 5.25. The van der Waals surface area contributed by atoms with Gasteiger partial charge >= 0.3 is 0 Å². The first-order valence-electron chi connectivity index (χ1n) is 4.38. The molecule has 0 bridgehead atoms. The molecule has 0 fully saturated rings. The number of hydrogen-bond donors (Lipinski definition) is 0. The van der Waals surface area contributed by atoms with Crippen LogP contribution >= 0.6 is 0 Å². The molecule has 2 aromatic rings. The van der Waals surface area contributed by atoms with E-state index in [0.717, 1.165) is 16.9 Å². The summed E-state index contributed by atoms with van der Waals surface area (Å²) in [4.78, 5) is 3.96. The Morgan fingerprint density at radius 3 is 2.71 bits per heavy atom. The molecular weight excluding hydrogens is 174 g/mol. The molecule has 0 atom stereocenters. The Balaban J connectivity index is 2.51. The number of nitrogens with zero attached hydrogens (tertiary/aromatic N) is 1. The van der Waals surface area contributed by atoms with Crippen LogP contribution in [-0.2, 0) is 0 Å². The average Bonchev–Trinajstić information content (AvgIpc) is 2.30. The van der Waals surface area contributed by atoms with E-state index in [1.165, 1.54) is 0 Å². The van der Waals surface area contributed by atoms with Gasteiger partial charge in [-0.1, -0.05) is 24.3 Å². The van der Waals surface area contributed by atoms with E-state index in [4.69, 9.17) is 4.74 Å². The molecular formula is C12H10NO. The standard InChI is InChI=1S/C12H10NO/c1-14-12-7-3-2-6-11(12)10-5-4-8-13-9-10/h2-8H,1H3. The smallest absolute Gasteiger partial charge is 0.126 e. The Hall–Kier alpha value is -1.83. The summed E-state index contributed by atoms with van der Waals surface area (Å²) in [5.74, 6) is 0.844. The minimum Gasteiger partial charge on any atom is -0.496 e. The Morgan fingerprint density at radius 1 is 1.14 bits per heavy atom. The van der Waals surface area contributed by atoms with Crippen molar-refractivity contribution < 1.29 is 4.74 Å². The molecule has 0 aliphatic heterocycles. The van der Waals surface area contributed by atoms with Gasteiger partial charge in [0.1, 0.15) is 5.75 Å². The van der Waals surface area contributed by atoms with Gasteiger partial charge in [0.25, 0.3) is 0 Å². The molecule has 0 saturated heterocycles. The second kappa shape index (κ2) is 3.92. The van der Waals surface area contributed by atoms with Crippen LogP contribution in [0.4, 0.5) is 0 Å². The molecule has 2 heteroatoms. The van der Waals surface area contributed by atoms with Crippen LogP contribution in [0, 0.1) is 6.20 Å². The highest BCUT2D eigenvalue weighted by atomic mass is 16.5. The van der Waals surface area contributed by atoms with Crippen molar-refractivity contribution in [2.24, 2.45) is 0 Å². The molecule has 0 N–H and O–H groups in total. The lowest BCUT2D eigenvalue weighted by atomic mass is 10.1. The number of methoxy groups -OCH3 is 1. The first-order chi connectivity index (χ1) is 6.92. The predicted octanol–water partition coefficient (Wildman–Crippen LogP) is 2.56. The number of pyridine rings is 1. The number of para-hydroxylation sites is 1. The average molecular weight is 184 g/mol. The normalized spacial score (nSPS) is 9.79. The molecule has 14 heavy (non-hydrogen) atoms. The molecule has 1 aromatic carbocycles. The molecule has 0 aliphatic carbocycles. The first-order valence-corrected chi connectivity index (χ1v) is 4.38. The number of rotatable bonds is 2. The third-order valence-electron chi connectivity index (χ3n) is 2.01. The van der Waals surface area contributed by atoms with Gasteiger partial charge in [0.15, 0.2) is 0 Å². The molecule has 2 rings (SSSR count). The Bertz CT molecular complexity index is 412. The van der Waals surface area contributed by atoms with Gasteiger partial charge in [-0.05, 0) is 12.1 Å². The first kappa shape index (κ1) is 8.75. The summed E-state index contributed by atoms with van der Waals surface area (Å²) in [6.07, 6.45) is 4.64. The summed E-state index contributed by atoms with van der Waals surface area (Å²) < 4.78 is 5.25. The number of ether oxygens (including phenoxy) is 1. The predicted molar refractivity (Wildman–Crippen MR) is 55.1 cm³/mol. The van der Waals surface area contributed by atoms with Gasteiger partial charge in [0, 0.05) is 17.3 Å².